The number of piperidine rings is 1. The van der Waals surface area contributed by atoms with Gasteiger partial charge in [-0.2, -0.15) is 0 Å². The van der Waals surface area contributed by atoms with Gasteiger partial charge in [0.15, 0.2) is 0 Å². The molecule has 2 saturated heterocycles. The van der Waals surface area contributed by atoms with E-state index < -0.39 is 0 Å². The topological polar surface area (TPSA) is 65.5 Å². The molecular formula is C22H26N4O2. The summed E-state index contributed by atoms with van der Waals surface area (Å²) in [5.74, 6) is -0.409. The van der Waals surface area contributed by atoms with E-state index in [2.05, 4.69) is 27.3 Å². The normalized spacial score (nSPS) is 19.7. The lowest BCUT2D eigenvalue weighted by molar-refractivity contribution is -0.126. The quantitative estimate of drug-likeness (QED) is 0.869. The van der Waals surface area contributed by atoms with E-state index in [9.17, 15) is 9.59 Å². The van der Waals surface area contributed by atoms with E-state index in [1.165, 1.54) is 24.9 Å². The third-order valence-electron chi connectivity index (χ3n) is 5.55. The van der Waals surface area contributed by atoms with Crippen molar-refractivity contribution in [2.45, 2.75) is 32.2 Å². The number of pyridine rings is 1. The molecule has 2 aliphatic heterocycles. The molecule has 6 heteroatoms. The molecule has 2 aromatic rings. The van der Waals surface area contributed by atoms with E-state index in [0.717, 1.165) is 24.5 Å². The Bertz CT molecular complexity index is 816. The Morgan fingerprint density at radius 3 is 2.50 bits per heavy atom. The van der Waals surface area contributed by atoms with Crippen molar-refractivity contribution in [3.8, 4) is 0 Å². The summed E-state index contributed by atoms with van der Waals surface area (Å²) in [4.78, 5) is 33.3. The van der Waals surface area contributed by atoms with Gasteiger partial charge in [0.2, 0.25) is 11.8 Å². The predicted molar refractivity (Wildman–Crippen MR) is 109 cm³/mol. The first-order valence-corrected chi connectivity index (χ1v) is 10.0. The average Bonchev–Trinajstić information content (AvgIpc) is 3.15. The zero-order valence-electron chi connectivity index (χ0n) is 16.0. The summed E-state index contributed by atoms with van der Waals surface area (Å²) in [7, 11) is 0. The van der Waals surface area contributed by atoms with E-state index in [0.29, 0.717) is 13.1 Å². The summed E-state index contributed by atoms with van der Waals surface area (Å²) < 4.78 is 0. The van der Waals surface area contributed by atoms with Crippen LogP contribution in [0.1, 0.15) is 31.4 Å². The molecular weight excluding hydrogens is 352 g/mol. The molecule has 6 nitrogen and oxygen atoms in total. The number of amides is 2. The lowest BCUT2D eigenvalue weighted by Crippen LogP contribution is -2.32. The molecule has 1 N–H and O–H groups in total. The highest BCUT2D eigenvalue weighted by atomic mass is 16.2. The van der Waals surface area contributed by atoms with Gasteiger partial charge >= 0.3 is 0 Å². The molecule has 0 aliphatic carbocycles. The third-order valence-corrected chi connectivity index (χ3v) is 5.55. The first-order chi connectivity index (χ1) is 13.7. The molecule has 0 radical (unpaired) electrons. The number of benzene rings is 1. The van der Waals surface area contributed by atoms with Crippen molar-refractivity contribution in [3.05, 3.63) is 54.4 Å². The maximum atomic E-state index is 12.5. The minimum absolute atomic E-state index is 0.00343. The standard InChI is InChI=1S/C22H26N4O2/c27-21-14-17(22(28)24-15-18-6-2-3-11-23-18)16-26(21)20-9-7-19(8-10-20)25-12-4-1-5-13-25/h2-3,6-11,17H,1,4-5,12-16H2,(H,24,28). The highest BCUT2D eigenvalue weighted by Crippen LogP contribution is 2.28. The number of aromatic nitrogens is 1. The zero-order valence-corrected chi connectivity index (χ0v) is 16.0. The highest BCUT2D eigenvalue weighted by Gasteiger charge is 2.35. The summed E-state index contributed by atoms with van der Waals surface area (Å²) in [6, 6.07) is 13.8. The smallest absolute Gasteiger partial charge is 0.227 e. The molecule has 1 atom stereocenters. The van der Waals surface area contributed by atoms with Crippen molar-refractivity contribution in [2.24, 2.45) is 5.92 Å². The third kappa shape index (κ3) is 4.16. The van der Waals surface area contributed by atoms with Crippen LogP contribution in [-0.2, 0) is 16.1 Å². The Labute approximate surface area is 165 Å². The molecule has 4 rings (SSSR count). The molecule has 2 amide bonds. The summed E-state index contributed by atoms with van der Waals surface area (Å²) in [5.41, 5.74) is 2.89. The maximum absolute atomic E-state index is 12.5. The number of nitrogens with one attached hydrogen (secondary N) is 1. The summed E-state index contributed by atoms with van der Waals surface area (Å²) >= 11 is 0. The van der Waals surface area contributed by atoms with E-state index in [1.807, 2.05) is 30.3 Å². The van der Waals surface area contributed by atoms with Crippen molar-refractivity contribution < 1.29 is 9.59 Å². The lowest BCUT2D eigenvalue weighted by atomic mass is 10.1. The monoisotopic (exact) mass is 378 g/mol. The van der Waals surface area contributed by atoms with Crippen molar-refractivity contribution >= 4 is 23.2 Å². The van der Waals surface area contributed by atoms with Gasteiger partial charge in [-0.3, -0.25) is 14.6 Å². The molecule has 0 spiro atoms. The van der Waals surface area contributed by atoms with Gasteiger partial charge in [0, 0.05) is 43.6 Å². The Morgan fingerprint density at radius 1 is 1.04 bits per heavy atom. The molecule has 2 fully saturated rings. The van der Waals surface area contributed by atoms with Crippen LogP contribution in [0.5, 0.6) is 0 Å². The first-order valence-electron chi connectivity index (χ1n) is 10.0. The fourth-order valence-electron chi connectivity index (χ4n) is 3.95. The summed E-state index contributed by atoms with van der Waals surface area (Å²) in [6.45, 7) is 3.01. The maximum Gasteiger partial charge on any atom is 0.227 e. The van der Waals surface area contributed by atoms with Gasteiger partial charge in [-0.25, -0.2) is 0 Å². The molecule has 2 aliphatic rings. The van der Waals surface area contributed by atoms with Gasteiger partial charge < -0.3 is 15.1 Å². The minimum atomic E-state index is -0.321. The Hall–Kier alpha value is -2.89. The predicted octanol–water partition coefficient (Wildman–Crippen LogP) is 2.74. The molecule has 0 saturated carbocycles. The average molecular weight is 378 g/mol. The lowest BCUT2D eigenvalue weighted by Gasteiger charge is -2.29. The van der Waals surface area contributed by atoms with Crippen molar-refractivity contribution in [1.82, 2.24) is 10.3 Å². The van der Waals surface area contributed by atoms with Crippen LogP contribution in [0.2, 0.25) is 0 Å². The second kappa shape index (κ2) is 8.42. The van der Waals surface area contributed by atoms with Gasteiger partial charge in [0.1, 0.15) is 0 Å². The van der Waals surface area contributed by atoms with Crippen LogP contribution >= 0.6 is 0 Å². The van der Waals surface area contributed by atoms with Crippen LogP contribution in [0, 0.1) is 5.92 Å². The number of anilines is 2. The fraction of sp³-hybridized carbons (Fsp3) is 0.409. The molecule has 1 aromatic carbocycles. The molecule has 146 valence electrons. The molecule has 0 bridgehead atoms. The van der Waals surface area contributed by atoms with E-state index in [1.54, 1.807) is 11.1 Å². The van der Waals surface area contributed by atoms with E-state index in [4.69, 9.17) is 0 Å². The van der Waals surface area contributed by atoms with Crippen LogP contribution in [0.3, 0.4) is 0 Å². The van der Waals surface area contributed by atoms with Gasteiger partial charge in [-0.1, -0.05) is 6.07 Å². The van der Waals surface area contributed by atoms with Crippen LogP contribution in [0.25, 0.3) is 0 Å². The Kier molecular flexibility index (Phi) is 5.55. The van der Waals surface area contributed by atoms with Crippen molar-refractivity contribution in [1.29, 1.82) is 0 Å². The number of hydrogen-bond acceptors (Lipinski definition) is 4. The van der Waals surface area contributed by atoms with Crippen LogP contribution in [0.15, 0.2) is 48.7 Å². The SMILES string of the molecule is O=C(NCc1ccccn1)C1CC(=O)N(c2ccc(N3CCCCC3)cc2)C1. The van der Waals surface area contributed by atoms with Crippen LogP contribution in [0.4, 0.5) is 11.4 Å². The van der Waals surface area contributed by atoms with Crippen LogP contribution in [-0.4, -0.2) is 36.4 Å². The van der Waals surface area contributed by atoms with Gasteiger partial charge in [0.05, 0.1) is 18.2 Å². The van der Waals surface area contributed by atoms with Gasteiger partial charge in [0.25, 0.3) is 0 Å². The van der Waals surface area contributed by atoms with E-state index >= 15 is 0 Å². The highest BCUT2D eigenvalue weighted by molar-refractivity contribution is 6.00. The van der Waals surface area contributed by atoms with E-state index in [-0.39, 0.29) is 24.2 Å². The van der Waals surface area contributed by atoms with Crippen molar-refractivity contribution in [2.75, 3.05) is 29.4 Å². The number of carbonyl (C=O) groups is 2. The second-order valence-electron chi connectivity index (χ2n) is 7.51. The largest absolute Gasteiger partial charge is 0.372 e. The minimum Gasteiger partial charge on any atom is -0.372 e. The number of hydrogen-bond donors (Lipinski definition) is 1. The number of rotatable bonds is 5. The van der Waals surface area contributed by atoms with Gasteiger partial charge in [-0.15, -0.1) is 0 Å². The molecule has 1 aromatic heterocycles. The molecule has 1 unspecified atom stereocenters. The van der Waals surface area contributed by atoms with Gasteiger partial charge in [-0.05, 0) is 55.7 Å². The van der Waals surface area contributed by atoms with Crippen LogP contribution < -0.4 is 15.1 Å². The van der Waals surface area contributed by atoms with Crippen molar-refractivity contribution in [3.63, 3.8) is 0 Å². The number of carbonyl (C=O) groups excluding carboxylic acids is 2. The summed E-state index contributed by atoms with van der Waals surface area (Å²) in [6.07, 6.45) is 5.74. The Balaban J connectivity index is 1.35. The fourth-order valence-corrected chi connectivity index (χ4v) is 3.95. The first kappa shape index (κ1) is 18.5. The molecule has 3 heterocycles. The summed E-state index contributed by atoms with van der Waals surface area (Å²) in [5, 5.41) is 2.90. The second-order valence-corrected chi connectivity index (χ2v) is 7.51. The Morgan fingerprint density at radius 2 is 1.79 bits per heavy atom. The number of nitrogens with zero attached hydrogens (tertiary/aromatic N) is 3. The zero-order chi connectivity index (χ0) is 19.3. The molecule has 28 heavy (non-hydrogen) atoms.